The highest BCUT2D eigenvalue weighted by Gasteiger charge is 2.37. The van der Waals surface area contributed by atoms with Gasteiger partial charge in [0.2, 0.25) is 0 Å². The third-order valence-electron chi connectivity index (χ3n) is 4.88. The molecule has 1 aromatic rings. The van der Waals surface area contributed by atoms with Gasteiger partial charge in [-0.25, -0.2) is 0 Å². The van der Waals surface area contributed by atoms with E-state index in [-0.39, 0.29) is 5.41 Å². The van der Waals surface area contributed by atoms with Gasteiger partial charge in [-0.1, -0.05) is 44.2 Å². The fourth-order valence-corrected chi connectivity index (χ4v) is 3.38. The first kappa shape index (κ1) is 15.2. The van der Waals surface area contributed by atoms with Gasteiger partial charge >= 0.3 is 0 Å². The van der Waals surface area contributed by atoms with Crippen LogP contribution in [0.15, 0.2) is 30.3 Å². The van der Waals surface area contributed by atoms with Gasteiger partial charge in [0.05, 0.1) is 5.41 Å². The first-order chi connectivity index (χ1) is 9.73. The lowest BCUT2D eigenvalue weighted by molar-refractivity contribution is -0.126. The van der Waals surface area contributed by atoms with Crippen LogP contribution in [0.5, 0.6) is 0 Å². The summed E-state index contributed by atoms with van der Waals surface area (Å²) >= 11 is 0. The van der Waals surface area contributed by atoms with Crippen molar-refractivity contribution in [3.63, 3.8) is 0 Å². The lowest BCUT2D eigenvalue weighted by atomic mass is 9.70. The predicted octanol–water partition coefficient (Wildman–Crippen LogP) is 4.13. The summed E-state index contributed by atoms with van der Waals surface area (Å²) in [6.07, 6.45) is 4.54. The van der Waals surface area contributed by atoms with E-state index in [1.165, 1.54) is 5.56 Å². The molecular formula is C18H26O2. The van der Waals surface area contributed by atoms with E-state index >= 15 is 0 Å². The molecule has 110 valence electrons. The van der Waals surface area contributed by atoms with Gasteiger partial charge in [-0.05, 0) is 37.2 Å². The number of carbonyl (C=O) groups is 1. The van der Waals surface area contributed by atoms with Gasteiger partial charge in [0.1, 0.15) is 5.78 Å². The summed E-state index contributed by atoms with van der Waals surface area (Å²) in [5.74, 6) is 0.929. The fourth-order valence-electron chi connectivity index (χ4n) is 3.38. The lowest BCUT2D eigenvalue weighted by Crippen LogP contribution is -2.36. The van der Waals surface area contributed by atoms with Crippen molar-refractivity contribution in [2.24, 2.45) is 5.92 Å². The van der Waals surface area contributed by atoms with E-state index in [0.29, 0.717) is 18.1 Å². The van der Waals surface area contributed by atoms with Crippen molar-refractivity contribution >= 4 is 5.78 Å². The Kier molecular flexibility index (Phi) is 5.36. The maximum absolute atomic E-state index is 13.0. The van der Waals surface area contributed by atoms with Crippen molar-refractivity contribution in [3.05, 3.63) is 35.9 Å². The topological polar surface area (TPSA) is 26.3 Å². The van der Waals surface area contributed by atoms with Crippen LogP contribution in [0.25, 0.3) is 0 Å². The van der Waals surface area contributed by atoms with Crippen molar-refractivity contribution in [1.29, 1.82) is 0 Å². The highest BCUT2D eigenvalue weighted by Crippen LogP contribution is 2.35. The number of carbonyl (C=O) groups excluding carboxylic acids is 1. The molecule has 0 bridgehead atoms. The van der Waals surface area contributed by atoms with Gasteiger partial charge in [0.15, 0.2) is 0 Å². The molecule has 2 nitrogen and oxygen atoms in total. The van der Waals surface area contributed by atoms with Gasteiger partial charge < -0.3 is 4.74 Å². The van der Waals surface area contributed by atoms with Crippen LogP contribution >= 0.6 is 0 Å². The number of ketones is 1. The molecule has 2 heteroatoms. The molecule has 0 unspecified atom stereocenters. The zero-order valence-corrected chi connectivity index (χ0v) is 12.7. The van der Waals surface area contributed by atoms with E-state index in [4.69, 9.17) is 4.74 Å². The zero-order valence-electron chi connectivity index (χ0n) is 12.7. The van der Waals surface area contributed by atoms with Crippen LogP contribution in [0.3, 0.4) is 0 Å². The van der Waals surface area contributed by atoms with Crippen molar-refractivity contribution in [2.45, 2.75) is 51.4 Å². The summed E-state index contributed by atoms with van der Waals surface area (Å²) in [6, 6.07) is 10.3. The standard InChI is InChI=1S/C18H26O2/c1-3-18(4-2,16-8-6-5-7-9-16)17(19)14-15-10-12-20-13-11-15/h5-9,15H,3-4,10-14H2,1-2H3. The maximum atomic E-state index is 13.0. The number of rotatable bonds is 6. The van der Waals surface area contributed by atoms with Crippen LogP contribution in [0.2, 0.25) is 0 Å². The Hall–Kier alpha value is -1.15. The normalized spacial score (nSPS) is 17.1. The third-order valence-corrected chi connectivity index (χ3v) is 4.88. The van der Waals surface area contributed by atoms with E-state index in [0.717, 1.165) is 38.9 Å². The molecular weight excluding hydrogens is 248 g/mol. The molecule has 0 radical (unpaired) electrons. The summed E-state index contributed by atoms with van der Waals surface area (Å²) in [6.45, 7) is 5.90. The van der Waals surface area contributed by atoms with Gasteiger partial charge in [0.25, 0.3) is 0 Å². The summed E-state index contributed by atoms with van der Waals surface area (Å²) in [5, 5.41) is 0. The minimum atomic E-state index is -0.292. The highest BCUT2D eigenvalue weighted by molar-refractivity contribution is 5.90. The Balaban J connectivity index is 2.16. The molecule has 0 spiro atoms. The molecule has 1 saturated heterocycles. The molecule has 0 aromatic heterocycles. The van der Waals surface area contributed by atoms with E-state index in [1.807, 2.05) is 18.2 Å². The smallest absolute Gasteiger partial charge is 0.143 e. The van der Waals surface area contributed by atoms with Gasteiger partial charge in [-0.3, -0.25) is 4.79 Å². The van der Waals surface area contributed by atoms with Crippen molar-refractivity contribution in [3.8, 4) is 0 Å². The van der Waals surface area contributed by atoms with E-state index in [9.17, 15) is 4.79 Å². The first-order valence-electron chi connectivity index (χ1n) is 7.89. The number of hydrogen-bond acceptors (Lipinski definition) is 2. The van der Waals surface area contributed by atoms with Crippen LogP contribution in [0.1, 0.15) is 51.5 Å². The molecule has 2 rings (SSSR count). The Morgan fingerprint density at radius 1 is 1.15 bits per heavy atom. The number of Topliss-reactive ketones (excluding diaryl/α,β-unsaturated/α-hetero) is 1. The van der Waals surface area contributed by atoms with Crippen LogP contribution in [0, 0.1) is 5.92 Å². The molecule has 0 atom stereocenters. The number of ether oxygens (including phenoxy) is 1. The van der Waals surface area contributed by atoms with Crippen molar-refractivity contribution in [2.75, 3.05) is 13.2 Å². The molecule has 0 N–H and O–H groups in total. The first-order valence-corrected chi connectivity index (χ1v) is 7.89. The van der Waals surface area contributed by atoms with Gasteiger partial charge in [-0.15, -0.1) is 0 Å². The molecule has 1 aromatic carbocycles. The van der Waals surface area contributed by atoms with Crippen LogP contribution < -0.4 is 0 Å². The number of benzene rings is 1. The van der Waals surface area contributed by atoms with E-state index in [1.54, 1.807) is 0 Å². The second-order valence-corrected chi connectivity index (χ2v) is 5.84. The quantitative estimate of drug-likeness (QED) is 0.779. The minimum Gasteiger partial charge on any atom is -0.381 e. The van der Waals surface area contributed by atoms with Crippen LogP contribution in [-0.2, 0) is 14.9 Å². The monoisotopic (exact) mass is 274 g/mol. The zero-order chi connectivity index (χ0) is 14.4. The fraction of sp³-hybridized carbons (Fsp3) is 0.611. The second-order valence-electron chi connectivity index (χ2n) is 5.84. The largest absolute Gasteiger partial charge is 0.381 e. The number of hydrogen-bond donors (Lipinski definition) is 0. The molecule has 1 heterocycles. The average Bonchev–Trinajstić information content (AvgIpc) is 2.51. The maximum Gasteiger partial charge on any atom is 0.143 e. The lowest BCUT2D eigenvalue weighted by Gasteiger charge is -2.33. The van der Waals surface area contributed by atoms with Crippen molar-refractivity contribution in [1.82, 2.24) is 0 Å². The minimum absolute atomic E-state index is 0.292. The highest BCUT2D eigenvalue weighted by atomic mass is 16.5. The molecule has 1 fully saturated rings. The molecule has 1 aliphatic heterocycles. The molecule has 20 heavy (non-hydrogen) atoms. The SMILES string of the molecule is CCC(CC)(C(=O)CC1CCOCC1)c1ccccc1. The van der Waals surface area contributed by atoms with Crippen molar-refractivity contribution < 1.29 is 9.53 Å². The van der Waals surface area contributed by atoms with Gasteiger partial charge in [-0.2, -0.15) is 0 Å². The van der Waals surface area contributed by atoms with Crippen LogP contribution in [-0.4, -0.2) is 19.0 Å². The predicted molar refractivity (Wildman–Crippen MR) is 81.9 cm³/mol. The average molecular weight is 274 g/mol. The third kappa shape index (κ3) is 3.12. The Morgan fingerprint density at radius 2 is 1.75 bits per heavy atom. The molecule has 0 aliphatic carbocycles. The van der Waals surface area contributed by atoms with E-state index < -0.39 is 0 Å². The van der Waals surface area contributed by atoms with E-state index in [2.05, 4.69) is 26.0 Å². The molecule has 0 amide bonds. The summed E-state index contributed by atoms with van der Waals surface area (Å²) in [4.78, 5) is 13.0. The van der Waals surface area contributed by atoms with Gasteiger partial charge in [0, 0.05) is 19.6 Å². The second kappa shape index (κ2) is 7.03. The molecule has 0 saturated carbocycles. The Morgan fingerprint density at radius 3 is 2.30 bits per heavy atom. The Bertz CT molecular complexity index is 414. The summed E-state index contributed by atoms with van der Waals surface area (Å²) in [5.41, 5.74) is 0.890. The Labute approximate surface area is 122 Å². The summed E-state index contributed by atoms with van der Waals surface area (Å²) < 4.78 is 5.39. The van der Waals surface area contributed by atoms with Crippen LogP contribution in [0.4, 0.5) is 0 Å². The molecule has 1 aliphatic rings. The summed E-state index contributed by atoms with van der Waals surface area (Å²) in [7, 11) is 0.